The summed E-state index contributed by atoms with van der Waals surface area (Å²) < 4.78 is 19.5. The van der Waals surface area contributed by atoms with E-state index >= 15 is 0 Å². The zero-order valence-electron chi connectivity index (χ0n) is 21.8. The Labute approximate surface area is 227 Å². The Hall–Kier alpha value is -3.36. The van der Waals surface area contributed by atoms with Crippen molar-refractivity contribution in [3.8, 4) is 11.5 Å². The highest BCUT2D eigenvalue weighted by atomic mass is 35.5. The molecule has 3 atom stereocenters. The van der Waals surface area contributed by atoms with Gasteiger partial charge in [0.25, 0.3) is 0 Å². The van der Waals surface area contributed by atoms with Gasteiger partial charge in [0.15, 0.2) is 23.0 Å². The summed E-state index contributed by atoms with van der Waals surface area (Å²) in [5.41, 5.74) is 3.69. The largest absolute Gasteiger partial charge is 0.493 e. The molecule has 2 bridgehead atoms. The number of aromatic nitrogens is 3. The number of piperidine rings is 1. The van der Waals surface area contributed by atoms with Crippen molar-refractivity contribution in [3.05, 3.63) is 81.8 Å². The minimum Gasteiger partial charge on any atom is -0.493 e. The van der Waals surface area contributed by atoms with E-state index in [-0.39, 0.29) is 23.7 Å². The average Bonchev–Trinajstić information content (AvgIpc) is 3.35. The lowest BCUT2D eigenvalue weighted by molar-refractivity contribution is -0.122. The van der Waals surface area contributed by atoms with E-state index in [0.717, 1.165) is 30.5 Å². The lowest BCUT2D eigenvalue weighted by atomic mass is 9.53. The van der Waals surface area contributed by atoms with Gasteiger partial charge in [-0.15, -0.1) is 5.10 Å². The first-order chi connectivity index (χ1) is 18.4. The van der Waals surface area contributed by atoms with Crippen molar-refractivity contribution in [2.75, 3.05) is 27.8 Å². The van der Waals surface area contributed by atoms with Crippen molar-refractivity contribution in [1.29, 1.82) is 0 Å². The maximum atomic E-state index is 13.2. The number of likely N-dealkylation sites (tertiary alicyclic amines) is 1. The van der Waals surface area contributed by atoms with Crippen LogP contribution in [0.1, 0.15) is 35.2 Å². The van der Waals surface area contributed by atoms with Crippen LogP contribution in [0.5, 0.6) is 11.5 Å². The summed E-state index contributed by atoms with van der Waals surface area (Å²) in [5.74, 6) is 2.02. The Balaban J connectivity index is 1.34. The van der Waals surface area contributed by atoms with E-state index in [4.69, 9.17) is 25.8 Å². The third-order valence-electron chi connectivity index (χ3n) is 8.37. The summed E-state index contributed by atoms with van der Waals surface area (Å²) in [6, 6.07) is 12.1. The highest BCUT2D eigenvalue weighted by molar-refractivity contribution is 6.30. The first-order valence-corrected chi connectivity index (χ1v) is 13.3. The molecule has 1 aromatic heterocycles. The Morgan fingerprint density at radius 3 is 2.84 bits per heavy atom. The van der Waals surface area contributed by atoms with Gasteiger partial charge in [-0.25, -0.2) is 4.68 Å². The number of halogens is 1. The number of hydrogen-bond donors (Lipinski definition) is 0. The SMILES string of the molecule is COC1=C[C@@H]2[C@@H]3Cc4ccc(OC)c(OCc5cn(Cc6cccc(Cl)c6)nn5)c4[C@]2(CCN3C)CC1=O. The van der Waals surface area contributed by atoms with Crippen LogP contribution in [-0.4, -0.2) is 59.5 Å². The fraction of sp³-hybridized carbons (Fsp3) is 0.414. The number of carbonyl (C=O) groups is 1. The number of methoxy groups -OCH3 is 2. The zero-order chi connectivity index (χ0) is 26.4. The molecule has 198 valence electrons. The summed E-state index contributed by atoms with van der Waals surface area (Å²) in [6.07, 6.45) is 6.06. The molecule has 0 N–H and O–H groups in total. The standard InChI is InChI=1S/C29H31ClN4O4/c1-33-10-9-29-14-24(35)26(37-3)13-22(29)23(33)12-19-7-8-25(36-2)28(27(19)29)38-17-21-16-34(32-31-21)15-18-5-4-6-20(30)11-18/h4-8,11,13,16,22-23H,9-10,12,14-15,17H2,1-3H3/t22-,23+,29-/m1/s1. The Bertz CT molecular complexity index is 1420. The molecule has 9 heteroatoms. The zero-order valence-corrected chi connectivity index (χ0v) is 22.6. The summed E-state index contributed by atoms with van der Waals surface area (Å²) in [4.78, 5) is 15.6. The molecule has 8 nitrogen and oxygen atoms in total. The van der Waals surface area contributed by atoms with Gasteiger partial charge in [0, 0.05) is 34.4 Å². The van der Waals surface area contributed by atoms with E-state index in [2.05, 4.69) is 34.4 Å². The van der Waals surface area contributed by atoms with Crippen LogP contribution in [0.25, 0.3) is 0 Å². The summed E-state index contributed by atoms with van der Waals surface area (Å²) in [7, 11) is 5.40. The quantitative estimate of drug-likeness (QED) is 0.450. The number of Topliss-reactive ketones (excluding diaryl/α,β-unsaturated/α-hetero) is 1. The molecular weight excluding hydrogens is 504 g/mol. The molecule has 2 heterocycles. The molecule has 2 aliphatic carbocycles. The van der Waals surface area contributed by atoms with Crippen LogP contribution in [0.4, 0.5) is 0 Å². The van der Waals surface area contributed by atoms with Gasteiger partial charge >= 0.3 is 0 Å². The second-order valence-electron chi connectivity index (χ2n) is 10.5. The molecule has 0 unspecified atom stereocenters. The number of likely N-dealkylation sites (N-methyl/N-ethyl adjacent to an activating group) is 1. The molecular formula is C29H31ClN4O4. The average molecular weight is 535 g/mol. The van der Waals surface area contributed by atoms with Crippen LogP contribution < -0.4 is 9.47 Å². The highest BCUT2D eigenvalue weighted by Gasteiger charge is 2.56. The molecule has 3 aromatic rings. The molecule has 0 radical (unpaired) electrons. The molecule has 0 spiro atoms. The van der Waals surface area contributed by atoms with E-state index in [1.165, 1.54) is 5.56 Å². The van der Waals surface area contributed by atoms with Crippen LogP contribution in [0, 0.1) is 5.92 Å². The molecule has 38 heavy (non-hydrogen) atoms. The minimum absolute atomic E-state index is 0.0395. The van der Waals surface area contributed by atoms with Gasteiger partial charge in [0.2, 0.25) is 0 Å². The van der Waals surface area contributed by atoms with E-state index in [0.29, 0.717) is 47.0 Å². The molecule has 6 rings (SSSR count). The van der Waals surface area contributed by atoms with Gasteiger partial charge in [-0.2, -0.15) is 0 Å². The third-order valence-corrected chi connectivity index (χ3v) is 8.60. The molecule has 0 amide bonds. The molecule has 1 saturated heterocycles. The van der Waals surface area contributed by atoms with Crippen molar-refractivity contribution in [2.45, 2.75) is 43.9 Å². The highest BCUT2D eigenvalue weighted by Crippen LogP contribution is 2.58. The molecule has 1 aliphatic heterocycles. The van der Waals surface area contributed by atoms with Crippen LogP contribution in [-0.2, 0) is 34.5 Å². The number of benzene rings is 2. The molecule has 1 fully saturated rings. The monoisotopic (exact) mass is 534 g/mol. The van der Waals surface area contributed by atoms with Gasteiger partial charge in [0.1, 0.15) is 12.3 Å². The Kier molecular flexibility index (Phi) is 6.40. The second-order valence-corrected chi connectivity index (χ2v) is 10.9. The minimum atomic E-state index is -0.363. The van der Waals surface area contributed by atoms with Gasteiger partial charge in [-0.1, -0.05) is 35.0 Å². The first-order valence-electron chi connectivity index (χ1n) is 12.9. The lowest BCUT2D eigenvalue weighted by Crippen LogP contribution is -2.60. The Morgan fingerprint density at radius 1 is 1.18 bits per heavy atom. The second kappa shape index (κ2) is 9.75. The number of allylic oxidation sites excluding steroid dienone is 1. The van der Waals surface area contributed by atoms with E-state index < -0.39 is 0 Å². The summed E-state index contributed by atoms with van der Waals surface area (Å²) in [6.45, 7) is 1.71. The topological polar surface area (TPSA) is 78.7 Å². The summed E-state index contributed by atoms with van der Waals surface area (Å²) >= 11 is 6.13. The number of ether oxygens (including phenoxy) is 3. The van der Waals surface area contributed by atoms with Crippen molar-refractivity contribution in [2.24, 2.45) is 5.92 Å². The maximum Gasteiger partial charge on any atom is 0.197 e. The van der Waals surface area contributed by atoms with Gasteiger partial charge in [0.05, 0.1) is 27.0 Å². The number of rotatable bonds is 7. The summed E-state index contributed by atoms with van der Waals surface area (Å²) in [5, 5.41) is 9.29. The fourth-order valence-electron chi connectivity index (χ4n) is 6.60. The predicted octanol–water partition coefficient (Wildman–Crippen LogP) is 4.18. The number of fused-ring (bicyclic) bond motifs is 1. The molecule has 2 aromatic carbocycles. The molecule has 0 saturated carbocycles. The van der Waals surface area contributed by atoms with Crippen LogP contribution in [0.3, 0.4) is 0 Å². The van der Waals surface area contributed by atoms with Crippen molar-refractivity contribution >= 4 is 17.4 Å². The molecule has 3 aliphatic rings. The number of hydrogen-bond acceptors (Lipinski definition) is 7. The first kappa shape index (κ1) is 24.9. The fourth-order valence-corrected chi connectivity index (χ4v) is 6.81. The van der Waals surface area contributed by atoms with Crippen LogP contribution >= 0.6 is 11.6 Å². The normalized spacial score (nSPS) is 24.3. The predicted molar refractivity (Wildman–Crippen MR) is 143 cm³/mol. The van der Waals surface area contributed by atoms with Crippen LogP contribution in [0.2, 0.25) is 5.02 Å². The van der Waals surface area contributed by atoms with Crippen molar-refractivity contribution in [3.63, 3.8) is 0 Å². The number of nitrogens with zero attached hydrogens (tertiary/aromatic N) is 4. The van der Waals surface area contributed by atoms with E-state index in [1.807, 2.05) is 36.5 Å². The van der Waals surface area contributed by atoms with Crippen molar-refractivity contribution in [1.82, 2.24) is 19.9 Å². The van der Waals surface area contributed by atoms with E-state index in [1.54, 1.807) is 18.9 Å². The Morgan fingerprint density at radius 2 is 2.05 bits per heavy atom. The van der Waals surface area contributed by atoms with Gasteiger partial charge in [-0.3, -0.25) is 4.79 Å². The maximum absolute atomic E-state index is 13.2. The van der Waals surface area contributed by atoms with Crippen molar-refractivity contribution < 1.29 is 19.0 Å². The van der Waals surface area contributed by atoms with Gasteiger partial charge in [-0.05, 0) is 61.8 Å². The lowest BCUT2D eigenvalue weighted by Gasteiger charge is -2.56. The van der Waals surface area contributed by atoms with Gasteiger partial charge < -0.3 is 19.1 Å². The number of carbonyl (C=O) groups excluding carboxylic acids is 1. The third kappa shape index (κ3) is 4.16. The van der Waals surface area contributed by atoms with Crippen LogP contribution in [0.15, 0.2) is 54.4 Å². The van der Waals surface area contributed by atoms with E-state index in [9.17, 15) is 4.79 Å². The number of ketones is 1. The smallest absolute Gasteiger partial charge is 0.197 e.